The third-order valence-electron chi connectivity index (χ3n) is 2.54. The van der Waals surface area contributed by atoms with Gasteiger partial charge in [-0.1, -0.05) is 6.92 Å². The van der Waals surface area contributed by atoms with Gasteiger partial charge in [-0.25, -0.2) is 9.59 Å². The summed E-state index contributed by atoms with van der Waals surface area (Å²) in [5.41, 5.74) is 0.174. The highest BCUT2D eigenvalue weighted by molar-refractivity contribution is 5.88. The second-order valence-electron chi connectivity index (χ2n) is 3.68. The Morgan fingerprint density at radius 3 is 2.80 bits per heavy atom. The van der Waals surface area contributed by atoms with E-state index < -0.39 is 5.97 Å². The quantitative estimate of drug-likeness (QED) is 0.798. The van der Waals surface area contributed by atoms with Gasteiger partial charge in [-0.05, 0) is 19.3 Å². The Morgan fingerprint density at radius 2 is 2.33 bits per heavy atom. The topological polar surface area (TPSA) is 72.2 Å². The van der Waals surface area contributed by atoms with Gasteiger partial charge in [0.1, 0.15) is 0 Å². The zero-order valence-electron chi connectivity index (χ0n) is 8.43. The zero-order valence-corrected chi connectivity index (χ0v) is 8.43. The summed E-state index contributed by atoms with van der Waals surface area (Å²) in [6, 6.07) is 0.161. The van der Waals surface area contributed by atoms with Crippen LogP contribution in [0.4, 0.5) is 0 Å². The number of carbonyl (C=O) groups is 1. The van der Waals surface area contributed by atoms with Gasteiger partial charge >= 0.3 is 11.7 Å². The van der Waals surface area contributed by atoms with Crippen LogP contribution in [0.5, 0.6) is 0 Å². The minimum atomic E-state index is -1.02. The van der Waals surface area contributed by atoms with E-state index in [1.807, 2.05) is 0 Å². The van der Waals surface area contributed by atoms with Crippen molar-refractivity contribution in [1.29, 1.82) is 0 Å². The summed E-state index contributed by atoms with van der Waals surface area (Å²) in [6.07, 6.45) is 3.76. The average molecular weight is 208 g/mol. The maximum absolute atomic E-state index is 11.5. The summed E-state index contributed by atoms with van der Waals surface area (Å²) in [5, 5.41) is 8.96. The molecule has 80 valence electrons. The highest BCUT2D eigenvalue weighted by atomic mass is 16.4. The van der Waals surface area contributed by atoms with Crippen molar-refractivity contribution in [3.8, 4) is 0 Å². The van der Waals surface area contributed by atoms with E-state index in [9.17, 15) is 9.59 Å². The lowest BCUT2D eigenvalue weighted by Gasteiger charge is -2.06. The first-order valence-corrected chi connectivity index (χ1v) is 4.98. The minimum Gasteiger partial charge on any atom is -0.478 e. The van der Waals surface area contributed by atoms with Gasteiger partial charge in [-0.2, -0.15) is 4.98 Å². The summed E-state index contributed by atoms with van der Waals surface area (Å²) in [4.78, 5) is 26.2. The molecule has 0 saturated heterocycles. The predicted molar refractivity (Wildman–Crippen MR) is 53.1 cm³/mol. The number of carboxylic acid groups (broad SMARTS) is 1. The molecule has 1 heterocycles. The van der Waals surface area contributed by atoms with Crippen LogP contribution < -0.4 is 5.69 Å². The average Bonchev–Trinajstić information content (AvgIpc) is 3.00. The molecule has 0 amide bonds. The van der Waals surface area contributed by atoms with Crippen molar-refractivity contribution in [2.45, 2.75) is 32.2 Å². The SMILES string of the molecule is CCc1nc(=O)n(C2CC2)cc1C(=O)O. The van der Waals surface area contributed by atoms with Crippen LogP contribution in [-0.4, -0.2) is 20.6 Å². The number of aromatic carboxylic acids is 1. The van der Waals surface area contributed by atoms with Crippen molar-refractivity contribution in [3.05, 3.63) is 27.9 Å². The third-order valence-corrected chi connectivity index (χ3v) is 2.54. The van der Waals surface area contributed by atoms with E-state index in [4.69, 9.17) is 5.11 Å². The van der Waals surface area contributed by atoms with Gasteiger partial charge in [0.15, 0.2) is 0 Å². The monoisotopic (exact) mass is 208 g/mol. The number of aromatic nitrogens is 2. The van der Waals surface area contributed by atoms with Gasteiger partial charge < -0.3 is 5.11 Å². The maximum Gasteiger partial charge on any atom is 0.348 e. The molecule has 5 nitrogen and oxygen atoms in total. The molecule has 0 atom stereocenters. The van der Waals surface area contributed by atoms with Crippen LogP contribution >= 0.6 is 0 Å². The summed E-state index contributed by atoms with van der Waals surface area (Å²) in [6.45, 7) is 1.79. The van der Waals surface area contributed by atoms with Crippen LogP contribution in [0.25, 0.3) is 0 Å². The highest BCUT2D eigenvalue weighted by Crippen LogP contribution is 2.33. The van der Waals surface area contributed by atoms with Crippen LogP contribution in [0, 0.1) is 0 Å². The summed E-state index contributed by atoms with van der Waals surface area (Å²) in [5.74, 6) is -1.02. The molecule has 0 radical (unpaired) electrons. The van der Waals surface area contributed by atoms with E-state index in [-0.39, 0.29) is 17.3 Å². The maximum atomic E-state index is 11.5. The molecule has 15 heavy (non-hydrogen) atoms. The standard InChI is InChI=1S/C10H12N2O3/c1-2-8-7(9(13)14)5-12(6-3-4-6)10(15)11-8/h5-6H,2-4H2,1H3,(H,13,14). The number of carboxylic acids is 1. The molecular formula is C10H12N2O3. The first-order chi connectivity index (χ1) is 7.13. The molecule has 1 saturated carbocycles. The molecule has 0 aromatic carbocycles. The van der Waals surface area contributed by atoms with Crippen LogP contribution in [0.3, 0.4) is 0 Å². The first kappa shape index (κ1) is 9.89. The molecule has 1 aliphatic rings. The van der Waals surface area contributed by atoms with Gasteiger partial charge in [-0.3, -0.25) is 4.57 Å². The fourth-order valence-electron chi connectivity index (χ4n) is 1.56. The predicted octanol–water partition coefficient (Wildman–Crippen LogP) is 0.839. The van der Waals surface area contributed by atoms with Gasteiger partial charge in [-0.15, -0.1) is 0 Å². The van der Waals surface area contributed by atoms with E-state index in [0.29, 0.717) is 12.1 Å². The van der Waals surface area contributed by atoms with Gasteiger partial charge in [0.05, 0.1) is 11.3 Å². The summed E-state index contributed by atoms with van der Waals surface area (Å²) < 4.78 is 1.43. The van der Waals surface area contributed by atoms with Crippen LogP contribution in [0.2, 0.25) is 0 Å². The summed E-state index contributed by atoms with van der Waals surface area (Å²) >= 11 is 0. The number of hydrogen-bond acceptors (Lipinski definition) is 3. The molecule has 1 N–H and O–H groups in total. The number of nitrogens with zero attached hydrogens (tertiary/aromatic N) is 2. The van der Waals surface area contributed by atoms with Crippen LogP contribution in [0.1, 0.15) is 41.9 Å². The molecule has 5 heteroatoms. The molecule has 1 aromatic heterocycles. The Balaban J connectivity index is 2.56. The Hall–Kier alpha value is -1.65. The van der Waals surface area contributed by atoms with Gasteiger partial charge in [0.2, 0.25) is 0 Å². The van der Waals surface area contributed by atoms with Crippen molar-refractivity contribution in [3.63, 3.8) is 0 Å². The van der Waals surface area contributed by atoms with E-state index in [1.54, 1.807) is 6.92 Å². The van der Waals surface area contributed by atoms with Crippen molar-refractivity contribution >= 4 is 5.97 Å². The molecule has 1 fully saturated rings. The van der Waals surface area contributed by atoms with Crippen molar-refractivity contribution < 1.29 is 9.90 Å². The van der Waals surface area contributed by atoms with E-state index in [0.717, 1.165) is 12.8 Å². The molecule has 0 bridgehead atoms. The second kappa shape index (κ2) is 3.49. The van der Waals surface area contributed by atoms with Gasteiger partial charge in [0.25, 0.3) is 0 Å². The number of aryl methyl sites for hydroxylation is 1. The van der Waals surface area contributed by atoms with E-state index >= 15 is 0 Å². The normalized spacial score (nSPS) is 15.3. The van der Waals surface area contributed by atoms with Crippen molar-refractivity contribution in [2.75, 3.05) is 0 Å². The van der Waals surface area contributed by atoms with Crippen molar-refractivity contribution in [2.24, 2.45) is 0 Å². The number of rotatable bonds is 3. The molecule has 1 aliphatic carbocycles. The fraction of sp³-hybridized carbons (Fsp3) is 0.500. The molecular weight excluding hydrogens is 196 g/mol. The molecule has 2 rings (SSSR count). The third kappa shape index (κ3) is 1.77. The minimum absolute atomic E-state index is 0.143. The first-order valence-electron chi connectivity index (χ1n) is 4.98. The zero-order chi connectivity index (χ0) is 11.0. The van der Waals surface area contributed by atoms with Crippen LogP contribution in [0.15, 0.2) is 11.0 Å². The Labute approximate surface area is 86.4 Å². The lowest BCUT2D eigenvalue weighted by Crippen LogP contribution is -2.25. The Morgan fingerprint density at radius 1 is 1.67 bits per heavy atom. The highest BCUT2D eigenvalue weighted by Gasteiger charge is 2.26. The molecule has 1 aromatic rings. The lowest BCUT2D eigenvalue weighted by atomic mass is 10.2. The smallest absolute Gasteiger partial charge is 0.348 e. The van der Waals surface area contributed by atoms with Crippen molar-refractivity contribution in [1.82, 2.24) is 9.55 Å². The van der Waals surface area contributed by atoms with Gasteiger partial charge in [0, 0.05) is 12.2 Å². The summed E-state index contributed by atoms with van der Waals surface area (Å²) in [7, 11) is 0. The molecule has 0 spiro atoms. The fourth-order valence-corrected chi connectivity index (χ4v) is 1.56. The van der Waals surface area contributed by atoms with E-state index in [1.165, 1.54) is 10.8 Å². The Kier molecular flexibility index (Phi) is 2.30. The largest absolute Gasteiger partial charge is 0.478 e. The second-order valence-corrected chi connectivity index (χ2v) is 3.68. The van der Waals surface area contributed by atoms with Crippen LogP contribution in [-0.2, 0) is 6.42 Å². The molecule has 0 aliphatic heterocycles. The lowest BCUT2D eigenvalue weighted by molar-refractivity contribution is 0.0694. The van der Waals surface area contributed by atoms with E-state index in [2.05, 4.69) is 4.98 Å². The Bertz CT molecular complexity index is 460. The molecule has 0 unspecified atom stereocenters. The number of hydrogen-bond donors (Lipinski definition) is 1.